The van der Waals surface area contributed by atoms with E-state index >= 15 is 0 Å². The van der Waals surface area contributed by atoms with Crippen molar-refractivity contribution in [2.75, 3.05) is 44.2 Å². The Morgan fingerprint density at radius 2 is 2.00 bits per heavy atom. The van der Waals surface area contributed by atoms with Crippen molar-refractivity contribution >= 4 is 23.2 Å². The number of H-pyrrole nitrogens is 1. The third kappa shape index (κ3) is 4.05. The van der Waals surface area contributed by atoms with Crippen molar-refractivity contribution in [3.8, 4) is 0 Å². The Kier molecular flexibility index (Phi) is 5.64. The third-order valence-electron chi connectivity index (χ3n) is 5.64. The van der Waals surface area contributed by atoms with Crippen molar-refractivity contribution in [1.29, 1.82) is 0 Å². The zero-order valence-electron chi connectivity index (χ0n) is 15.7. The number of amides is 1. The van der Waals surface area contributed by atoms with Crippen LogP contribution in [0.2, 0.25) is 5.02 Å². The summed E-state index contributed by atoms with van der Waals surface area (Å²) in [5, 5.41) is 0.756. The van der Waals surface area contributed by atoms with Gasteiger partial charge in [0.1, 0.15) is 5.56 Å². The second kappa shape index (κ2) is 8.32. The van der Waals surface area contributed by atoms with Gasteiger partial charge in [0, 0.05) is 62.2 Å². The second-order valence-corrected chi connectivity index (χ2v) is 7.78. The molecule has 1 atom stereocenters. The lowest BCUT2D eigenvalue weighted by Gasteiger charge is -2.44. The minimum atomic E-state index is -0.378. The van der Waals surface area contributed by atoms with Crippen LogP contribution in [-0.2, 0) is 0 Å². The molecule has 7 nitrogen and oxygen atoms in total. The average Bonchev–Trinajstić information content (AvgIpc) is 2.74. The number of benzene rings is 1. The fraction of sp³-hybridized carbons (Fsp3) is 0.450. The van der Waals surface area contributed by atoms with E-state index < -0.39 is 0 Å². The molecule has 2 aliphatic heterocycles. The van der Waals surface area contributed by atoms with Crippen molar-refractivity contribution in [1.82, 2.24) is 19.8 Å². The van der Waals surface area contributed by atoms with Crippen LogP contribution in [0.5, 0.6) is 0 Å². The van der Waals surface area contributed by atoms with Gasteiger partial charge < -0.3 is 14.8 Å². The van der Waals surface area contributed by atoms with Gasteiger partial charge in [-0.05, 0) is 31.0 Å². The Labute approximate surface area is 168 Å². The first kappa shape index (κ1) is 19.0. The Bertz CT molecular complexity index is 894. The highest BCUT2D eigenvalue weighted by Crippen LogP contribution is 2.23. The predicted octanol–water partition coefficient (Wildman–Crippen LogP) is 1.85. The molecular weight excluding hydrogens is 378 g/mol. The molecule has 0 aliphatic carbocycles. The Hall–Kier alpha value is -2.38. The Morgan fingerprint density at radius 3 is 2.75 bits per heavy atom. The maximum Gasteiger partial charge on any atom is 0.263 e. The summed E-state index contributed by atoms with van der Waals surface area (Å²) >= 11 is 6.12. The molecule has 1 aromatic heterocycles. The number of halogens is 1. The van der Waals surface area contributed by atoms with Crippen molar-refractivity contribution in [3.63, 3.8) is 0 Å². The van der Waals surface area contributed by atoms with Crippen molar-refractivity contribution in [2.45, 2.75) is 18.9 Å². The van der Waals surface area contributed by atoms with E-state index in [1.165, 1.54) is 12.5 Å². The molecule has 0 unspecified atom stereocenters. The van der Waals surface area contributed by atoms with Gasteiger partial charge in [-0.1, -0.05) is 17.7 Å². The second-order valence-electron chi connectivity index (χ2n) is 7.34. The van der Waals surface area contributed by atoms with E-state index in [0.29, 0.717) is 19.1 Å². The molecule has 0 radical (unpaired) electrons. The summed E-state index contributed by atoms with van der Waals surface area (Å²) in [5.41, 5.74) is 0.898. The first-order valence-electron chi connectivity index (χ1n) is 9.68. The van der Waals surface area contributed by atoms with E-state index in [1.807, 2.05) is 18.2 Å². The van der Waals surface area contributed by atoms with Crippen LogP contribution < -0.4 is 10.5 Å². The number of nitrogens with one attached hydrogen (secondary N) is 1. The van der Waals surface area contributed by atoms with Crippen molar-refractivity contribution in [3.05, 3.63) is 57.7 Å². The molecule has 2 saturated heterocycles. The Balaban J connectivity index is 1.37. The smallest absolute Gasteiger partial charge is 0.263 e. The number of carbonyl (C=O) groups is 1. The lowest BCUT2D eigenvalue weighted by atomic mass is 10.0. The molecule has 148 valence electrons. The number of aromatic amines is 1. The first-order chi connectivity index (χ1) is 13.6. The number of rotatable bonds is 3. The molecule has 4 rings (SSSR count). The van der Waals surface area contributed by atoms with Crippen LogP contribution in [0.1, 0.15) is 23.2 Å². The minimum absolute atomic E-state index is 0.119. The number of hydrogen-bond acceptors (Lipinski definition) is 5. The van der Waals surface area contributed by atoms with Gasteiger partial charge in [-0.3, -0.25) is 14.5 Å². The largest absolute Gasteiger partial charge is 0.369 e. The SMILES string of the molecule is O=C(c1cnc[nH]c1=O)N1CCC[C@H](N2CCN(c3cccc(Cl)c3)CC2)C1. The number of nitrogens with zero attached hydrogens (tertiary/aromatic N) is 4. The van der Waals surface area contributed by atoms with Crippen LogP contribution in [-0.4, -0.2) is 71.0 Å². The molecule has 2 aliphatic rings. The molecule has 28 heavy (non-hydrogen) atoms. The van der Waals surface area contributed by atoms with Gasteiger partial charge >= 0.3 is 0 Å². The van der Waals surface area contributed by atoms with E-state index in [-0.39, 0.29) is 17.0 Å². The highest BCUT2D eigenvalue weighted by Gasteiger charge is 2.31. The van der Waals surface area contributed by atoms with Crippen LogP contribution in [0.25, 0.3) is 0 Å². The number of piperidine rings is 1. The zero-order chi connectivity index (χ0) is 19.5. The lowest BCUT2D eigenvalue weighted by molar-refractivity contribution is 0.0561. The maximum absolute atomic E-state index is 12.7. The standard InChI is InChI=1S/C20H24ClN5O2/c21-15-3-1-4-16(11-15)24-7-9-25(10-8-24)17-5-2-6-26(13-17)20(28)18-12-22-14-23-19(18)27/h1,3-4,11-12,14,17H,2,5-10,13H2,(H,22,23,27)/t17-/m0/s1. The molecule has 0 spiro atoms. The average molecular weight is 402 g/mol. The molecule has 0 bridgehead atoms. The van der Waals surface area contributed by atoms with E-state index in [0.717, 1.165) is 49.7 Å². The third-order valence-corrected chi connectivity index (χ3v) is 5.87. The molecule has 8 heteroatoms. The van der Waals surface area contributed by atoms with Crippen LogP contribution in [0.4, 0.5) is 5.69 Å². The van der Waals surface area contributed by atoms with E-state index in [2.05, 4.69) is 25.8 Å². The molecule has 2 fully saturated rings. The molecule has 3 heterocycles. The predicted molar refractivity (Wildman–Crippen MR) is 109 cm³/mol. The zero-order valence-corrected chi connectivity index (χ0v) is 16.4. The van der Waals surface area contributed by atoms with Crippen molar-refractivity contribution in [2.24, 2.45) is 0 Å². The first-order valence-corrected chi connectivity index (χ1v) is 10.1. The summed E-state index contributed by atoms with van der Waals surface area (Å²) in [4.78, 5) is 37.6. The number of likely N-dealkylation sites (tertiary alicyclic amines) is 1. The fourth-order valence-electron chi connectivity index (χ4n) is 4.12. The fourth-order valence-corrected chi connectivity index (χ4v) is 4.31. The summed E-state index contributed by atoms with van der Waals surface area (Å²) in [6, 6.07) is 8.30. The highest BCUT2D eigenvalue weighted by atomic mass is 35.5. The Morgan fingerprint density at radius 1 is 1.18 bits per heavy atom. The minimum Gasteiger partial charge on any atom is -0.369 e. The normalized spacial score (nSPS) is 21.0. The van der Waals surface area contributed by atoms with E-state index in [9.17, 15) is 9.59 Å². The molecule has 0 saturated carbocycles. The van der Waals surface area contributed by atoms with Gasteiger partial charge in [-0.2, -0.15) is 0 Å². The van der Waals surface area contributed by atoms with Gasteiger partial charge in [0.25, 0.3) is 11.5 Å². The number of piperazine rings is 1. The summed E-state index contributed by atoms with van der Waals surface area (Å²) in [6.45, 7) is 5.12. The molecule has 1 amide bonds. The van der Waals surface area contributed by atoms with Crippen LogP contribution in [0.3, 0.4) is 0 Å². The molecule has 1 N–H and O–H groups in total. The van der Waals surface area contributed by atoms with Crippen molar-refractivity contribution < 1.29 is 4.79 Å². The topological polar surface area (TPSA) is 72.5 Å². The van der Waals surface area contributed by atoms with Gasteiger partial charge in [-0.25, -0.2) is 4.98 Å². The lowest BCUT2D eigenvalue weighted by Crippen LogP contribution is -2.56. The van der Waals surface area contributed by atoms with Gasteiger partial charge in [0.2, 0.25) is 0 Å². The van der Waals surface area contributed by atoms with Crippen LogP contribution in [0, 0.1) is 0 Å². The van der Waals surface area contributed by atoms with E-state index in [1.54, 1.807) is 4.90 Å². The number of hydrogen-bond donors (Lipinski definition) is 1. The molecule has 2 aromatic rings. The summed E-state index contributed by atoms with van der Waals surface area (Å²) in [7, 11) is 0. The van der Waals surface area contributed by atoms with E-state index in [4.69, 9.17) is 11.6 Å². The monoisotopic (exact) mass is 401 g/mol. The summed E-state index contributed by atoms with van der Waals surface area (Å²) in [6.07, 6.45) is 4.68. The molecular formula is C20H24ClN5O2. The van der Waals surface area contributed by atoms with Crippen LogP contribution >= 0.6 is 11.6 Å². The molecule has 1 aromatic carbocycles. The van der Waals surface area contributed by atoms with Crippen LogP contribution in [0.15, 0.2) is 41.6 Å². The maximum atomic E-state index is 12.7. The highest BCUT2D eigenvalue weighted by molar-refractivity contribution is 6.30. The van der Waals surface area contributed by atoms with Gasteiger partial charge in [0.05, 0.1) is 6.33 Å². The van der Waals surface area contributed by atoms with Gasteiger partial charge in [-0.15, -0.1) is 0 Å². The number of carbonyl (C=O) groups excluding carboxylic acids is 1. The number of aromatic nitrogens is 2. The quantitative estimate of drug-likeness (QED) is 0.849. The summed E-state index contributed by atoms with van der Waals surface area (Å²) < 4.78 is 0. The van der Waals surface area contributed by atoms with Gasteiger partial charge in [0.15, 0.2) is 0 Å². The summed E-state index contributed by atoms with van der Waals surface area (Å²) in [5.74, 6) is -0.225. The number of anilines is 1.